The topological polar surface area (TPSA) is 32.3 Å². The van der Waals surface area contributed by atoms with Crippen molar-refractivity contribution in [3.8, 4) is 0 Å². The largest absolute Gasteiger partial charge is 0.389 e. The van der Waals surface area contributed by atoms with E-state index < -0.39 is 5.60 Å². The average Bonchev–Trinajstić information content (AvgIpc) is 2.25. The lowest BCUT2D eigenvalue weighted by Gasteiger charge is -2.29. The van der Waals surface area contributed by atoms with Crippen LogP contribution in [0.15, 0.2) is 30.3 Å². The average molecular weight is 235 g/mol. The molecule has 1 rings (SSSR count). The second-order valence-electron chi connectivity index (χ2n) is 6.09. The van der Waals surface area contributed by atoms with E-state index in [1.807, 2.05) is 25.1 Å². The molecule has 2 N–H and O–H groups in total. The van der Waals surface area contributed by atoms with Crippen LogP contribution in [0.4, 0.5) is 0 Å². The van der Waals surface area contributed by atoms with Crippen molar-refractivity contribution in [1.82, 2.24) is 5.32 Å². The van der Waals surface area contributed by atoms with Gasteiger partial charge in [-0.15, -0.1) is 0 Å². The molecule has 1 unspecified atom stereocenters. The zero-order chi connectivity index (χ0) is 12.9. The lowest BCUT2D eigenvalue weighted by molar-refractivity contribution is 0.0448. The van der Waals surface area contributed by atoms with Crippen molar-refractivity contribution in [2.45, 2.75) is 51.7 Å². The highest BCUT2D eigenvalue weighted by atomic mass is 16.3. The first kappa shape index (κ1) is 14.2. The number of hydrogen-bond donors (Lipinski definition) is 2. The Morgan fingerprint density at radius 1 is 1.06 bits per heavy atom. The van der Waals surface area contributed by atoms with Crippen LogP contribution >= 0.6 is 0 Å². The van der Waals surface area contributed by atoms with Gasteiger partial charge in [0, 0.05) is 12.1 Å². The highest BCUT2D eigenvalue weighted by molar-refractivity contribution is 5.15. The summed E-state index contributed by atoms with van der Waals surface area (Å²) in [7, 11) is 0. The summed E-state index contributed by atoms with van der Waals surface area (Å²) in [6, 6.07) is 10.3. The number of hydrogen-bond acceptors (Lipinski definition) is 2. The molecular weight excluding hydrogens is 210 g/mol. The van der Waals surface area contributed by atoms with Gasteiger partial charge in [-0.25, -0.2) is 0 Å². The van der Waals surface area contributed by atoms with E-state index in [9.17, 15) is 5.11 Å². The van der Waals surface area contributed by atoms with Crippen LogP contribution in [0.3, 0.4) is 0 Å². The molecule has 1 aromatic rings. The van der Waals surface area contributed by atoms with Crippen molar-refractivity contribution in [3.63, 3.8) is 0 Å². The Kier molecular flexibility index (Phi) is 4.72. The van der Waals surface area contributed by atoms with E-state index in [1.54, 1.807) is 0 Å². The molecule has 0 fully saturated rings. The molecule has 0 bridgehead atoms. The van der Waals surface area contributed by atoms with E-state index in [4.69, 9.17) is 0 Å². The van der Waals surface area contributed by atoms with Crippen LogP contribution in [-0.4, -0.2) is 22.8 Å². The monoisotopic (exact) mass is 235 g/mol. The van der Waals surface area contributed by atoms with Crippen LogP contribution in [0.1, 0.15) is 39.7 Å². The van der Waals surface area contributed by atoms with Crippen molar-refractivity contribution < 1.29 is 5.11 Å². The smallest absolute Gasteiger partial charge is 0.0746 e. The third kappa shape index (κ3) is 6.44. The quantitative estimate of drug-likeness (QED) is 0.822. The fourth-order valence-electron chi connectivity index (χ4n) is 1.60. The maximum atomic E-state index is 10.3. The van der Waals surface area contributed by atoms with E-state index in [2.05, 4.69) is 38.2 Å². The molecule has 0 radical (unpaired) electrons. The van der Waals surface area contributed by atoms with Gasteiger partial charge in [-0.1, -0.05) is 30.3 Å². The van der Waals surface area contributed by atoms with Gasteiger partial charge in [0.2, 0.25) is 0 Å². The van der Waals surface area contributed by atoms with Crippen molar-refractivity contribution in [1.29, 1.82) is 0 Å². The number of β-amino-alcohol motifs (C(OH)–C–C–N with tert-alkyl or cyclic N) is 1. The van der Waals surface area contributed by atoms with Gasteiger partial charge in [0.15, 0.2) is 0 Å². The summed E-state index contributed by atoms with van der Waals surface area (Å²) in [5.41, 5.74) is 0.684. The van der Waals surface area contributed by atoms with E-state index in [0.29, 0.717) is 6.54 Å². The van der Waals surface area contributed by atoms with Crippen LogP contribution in [0.5, 0.6) is 0 Å². The van der Waals surface area contributed by atoms with Gasteiger partial charge >= 0.3 is 0 Å². The van der Waals surface area contributed by atoms with Gasteiger partial charge in [-0.2, -0.15) is 0 Å². The predicted molar refractivity (Wildman–Crippen MR) is 73.1 cm³/mol. The van der Waals surface area contributed by atoms with Crippen molar-refractivity contribution in [2.24, 2.45) is 0 Å². The molecule has 0 aliphatic carbocycles. The summed E-state index contributed by atoms with van der Waals surface area (Å²) in [6.07, 6.45) is 1.69. The Labute approximate surface area is 105 Å². The molecule has 2 heteroatoms. The Balaban J connectivity index is 2.39. The number of rotatable bonds is 5. The number of aryl methyl sites for hydroxylation is 1. The molecule has 0 aliphatic rings. The number of aliphatic hydroxyl groups is 1. The Morgan fingerprint density at radius 3 is 2.18 bits per heavy atom. The molecule has 17 heavy (non-hydrogen) atoms. The van der Waals surface area contributed by atoms with Crippen LogP contribution in [-0.2, 0) is 6.42 Å². The summed E-state index contributed by atoms with van der Waals surface area (Å²) < 4.78 is 0. The number of nitrogens with one attached hydrogen (secondary N) is 1. The molecule has 0 heterocycles. The zero-order valence-corrected chi connectivity index (χ0v) is 11.5. The minimum Gasteiger partial charge on any atom is -0.389 e. The zero-order valence-electron chi connectivity index (χ0n) is 11.5. The van der Waals surface area contributed by atoms with Crippen molar-refractivity contribution >= 4 is 0 Å². The van der Waals surface area contributed by atoms with Gasteiger partial charge in [-0.3, -0.25) is 0 Å². The molecule has 0 aliphatic heterocycles. The third-order valence-corrected chi connectivity index (χ3v) is 2.79. The van der Waals surface area contributed by atoms with Crippen LogP contribution in [0.25, 0.3) is 0 Å². The molecule has 0 saturated heterocycles. The third-order valence-electron chi connectivity index (χ3n) is 2.79. The standard InChI is InChI=1S/C15H25NO/c1-14(2,3)16-12-15(4,17)11-10-13-8-6-5-7-9-13/h5-9,16-17H,10-12H2,1-4H3. The fourth-order valence-corrected chi connectivity index (χ4v) is 1.60. The SMILES string of the molecule is CC(O)(CCc1ccccc1)CNC(C)(C)C. The van der Waals surface area contributed by atoms with Crippen molar-refractivity contribution in [2.75, 3.05) is 6.54 Å². The Bertz CT molecular complexity index is 325. The highest BCUT2D eigenvalue weighted by Gasteiger charge is 2.22. The van der Waals surface area contributed by atoms with Gasteiger partial charge in [-0.05, 0) is 46.1 Å². The molecule has 96 valence electrons. The minimum absolute atomic E-state index is 0.0523. The summed E-state index contributed by atoms with van der Waals surface area (Å²) in [5.74, 6) is 0. The maximum Gasteiger partial charge on any atom is 0.0746 e. The van der Waals surface area contributed by atoms with E-state index >= 15 is 0 Å². The maximum absolute atomic E-state index is 10.3. The first-order chi connectivity index (χ1) is 7.79. The highest BCUT2D eigenvalue weighted by Crippen LogP contribution is 2.14. The normalized spacial score (nSPS) is 15.6. The lowest BCUT2D eigenvalue weighted by Crippen LogP contribution is -2.46. The fraction of sp³-hybridized carbons (Fsp3) is 0.600. The lowest BCUT2D eigenvalue weighted by atomic mass is 9.95. The molecule has 0 aromatic heterocycles. The van der Waals surface area contributed by atoms with Gasteiger partial charge in [0.25, 0.3) is 0 Å². The van der Waals surface area contributed by atoms with Crippen LogP contribution < -0.4 is 5.32 Å². The van der Waals surface area contributed by atoms with Crippen molar-refractivity contribution in [3.05, 3.63) is 35.9 Å². The van der Waals surface area contributed by atoms with Gasteiger partial charge in [0.1, 0.15) is 0 Å². The van der Waals surface area contributed by atoms with E-state index in [-0.39, 0.29) is 5.54 Å². The van der Waals surface area contributed by atoms with E-state index in [0.717, 1.165) is 12.8 Å². The summed E-state index contributed by atoms with van der Waals surface area (Å²) in [4.78, 5) is 0. The molecule has 0 amide bonds. The van der Waals surface area contributed by atoms with Crippen LogP contribution in [0.2, 0.25) is 0 Å². The second kappa shape index (κ2) is 5.65. The first-order valence-electron chi connectivity index (χ1n) is 6.30. The molecular formula is C15H25NO. The van der Waals surface area contributed by atoms with Gasteiger partial charge < -0.3 is 10.4 Å². The Hall–Kier alpha value is -0.860. The van der Waals surface area contributed by atoms with E-state index in [1.165, 1.54) is 5.56 Å². The summed E-state index contributed by atoms with van der Waals surface area (Å²) in [6.45, 7) is 8.86. The summed E-state index contributed by atoms with van der Waals surface area (Å²) in [5, 5.41) is 13.6. The minimum atomic E-state index is -0.650. The molecule has 2 nitrogen and oxygen atoms in total. The van der Waals surface area contributed by atoms with Gasteiger partial charge in [0.05, 0.1) is 5.60 Å². The first-order valence-corrected chi connectivity index (χ1v) is 6.30. The molecule has 1 aromatic carbocycles. The van der Waals surface area contributed by atoms with Crippen LogP contribution in [0, 0.1) is 0 Å². The summed E-state index contributed by atoms with van der Waals surface area (Å²) >= 11 is 0. The Morgan fingerprint density at radius 2 is 1.65 bits per heavy atom. The second-order valence-corrected chi connectivity index (χ2v) is 6.09. The predicted octanol–water partition coefficient (Wildman–Crippen LogP) is 2.76. The molecule has 1 atom stereocenters. The number of benzene rings is 1. The molecule has 0 spiro atoms. The molecule has 0 saturated carbocycles.